The summed E-state index contributed by atoms with van der Waals surface area (Å²) in [5.74, 6) is 0. The molecule has 0 amide bonds. The van der Waals surface area contributed by atoms with Crippen LogP contribution in [-0.2, 0) is 10.0 Å². The van der Waals surface area contributed by atoms with E-state index in [2.05, 4.69) is 13.8 Å². The third-order valence-electron chi connectivity index (χ3n) is 4.90. The normalized spacial score (nSPS) is 12.0. The summed E-state index contributed by atoms with van der Waals surface area (Å²) >= 11 is 0. The van der Waals surface area contributed by atoms with Crippen molar-refractivity contribution in [1.82, 2.24) is 4.31 Å². The molecule has 0 saturated heterocycles. The Bertz CT molecular complexity index is 527. The molecule has 3 nitrogen and oxygen atoms in total. The van der Waals surface area contributed by atoms with Crippen LogP contribution in [0, 0.1) is 0 Å². The highest BCUT2D eigenvalue weighted by molar-refractivity contribution is 7.89. The van der Waals surface area contributed by atoms with Crippen molar-refractivity contribution in [2.24, 2.45) is 0 Å². The van der Waals surface area contributed by atoms with E-state index in [4.69, 9.17) is 0 Å². The van der Waals surface area contributed by atoms with E-state index in [0.29, 0.717) is 18.0 Å². The minimum atomic E-state index is -3.36. The van der Waals surface area contributed by atoms with Crippen LogP contribution in [0.15, 0.2) is 35.2 Å². The quantitative estimate of drug-likeness (QED) is 0.311. The molecule has 0 spiro atoms. The van der Waals surface area contributed by atoms with Crippen LogP contribution < -0.4 is 0 Å². The molecule has 0 saturated carbocycles. The number of benzene rings is 1. The third-order valence-corrected chi connectivity index (χ3v) is 6.82. The molecule has 0 atom stereocenters. The van der Waals surface area contributed by atoms with Crippen molar-refractivity contribution >= 4 is 10.0 Å². The average Bonchev–Trinajstić information content (AvgIpc) is 2.66. The summed E-state index contributed by atoms with van der Waals surface area (Å²) in [6.45, 7) is 5.74. The molecule has 0 N–H and O–H groups in total. The Balaban J connectivity index is 2.54. The third kappa shape index (κ3) is 9.18. The molecule has 1 aromatic rings. The van der Waals surface area contributed by atoms with E-state index in [1.54, 1.807) is 28.6 Å². The second kappa shape index (κ2) is 14.2. The number of nitrogens with zero attached hydrogens (tertiary/aromatic N) is 1. The highest BCUT2D eigenvalue weighted by atomic mass is 32.2. The molecular formula is C22H39NO2S. The number of unbranched alkanes of at least 4 members (excludes halogenated alkanes) is 10. The zero-order chi connectivity index (χ0) is 19.1. The van der Waals surface area contributed by atoms with E-state index >= 15 is 0 Å². The second-order valence-electron chi connectivity index (χ2n) is 7.25. The lowest BCUT2D eigenvalue weighted by Crippen LogP contribution is -2.33. The number of rotatable bonds is 16. The maximum absolute atomic E-state index is 13.0. The zero-order valence-electron chi connectivity index (χ0n) is 17.0. The van der Waals surface area contributed by atoms with Crippen LogP contribution in [0.3, 0.4) is 0 Å². The molecule has 0 bridgehead atoms. The number of hydrogen-bond donors (Lipinski definition) is 0. The summed E-state index contributed by atoms with van der Waals surface area (Å²) in [6, 6.07) is 8.90. The highest BCUT2D eigenvalue weighted by Gasteiger charge is 2.23. The van der Waals surface area contributed by atoms with Crippen molar-refractivity contribution in [3.63, 3.8) is 0 Å². The Hall–Kier alpha value is -0.870. The lowest BCUT2D eigenvalue weighted by atomic mass is 10.1. The lowest BCUT2D eigenvalue weighted by Gasteiger charge is -2.22. The van der Waals surface area contributed by atoms with E-state index in [1.165, 1.54) is 51.4 Å². The summed E-state index contributed by atoms with van der Waals surface area (Å²) in [5, 5.41) is 0. The summed E-state index contributed by atoms with van der Waals surface area (Å²) in [5.41, 5.74) is 0. The summed E-state index contributed by atoms with van der Waals surface area (Å²) < 4.78 is 27.7. The second-order valence-corrected chi connectivity index (χ2v) is 9.19. The van der Waals surface area contributed by atoms with Gasteiger partial charge in [0.15, 0.2) is 0 Å². The Kier molecular flexibility index (Phi) is 12.7. The molecule has 150 valence electrons. The molecule has 0 aliphatic carbocycles. The molecule has 1 rings (SSSR count). The van der Waals surface area contributed by atoms with Gasteiger partial charge >= 0.3 is 0 Å². The topological polar surface area (TPSA) is 37.4 Å². The van der Waals surface area contributed by atoms with Gasteiger partial charge in [0.05, 0.1) is 4.90 Å². The van der Waals surface area contributed by atoms with Crippen molar-refractivity contribution in [2.45, 2.75) is 95.8 Å². The SMILES string of the molecule is CCCCCCCCN(CCCCCCCC)S(=O)(=O)c1ccccc1. The lowest BCUT2D eigenvalue weighted by molar-refractivity contribution is 0.383. The van der Waals surface area contributed by atoms with Gasteiger partial charge in [-0.1, -0.05) is 96.3 Å². The van der Waals surface area contributed by atoms with Crippen molar-refractivity contribution in [3.05, 3.63) is 30.3 Å². The predicted octanol–water partition coefficient (Wildman–Crippen LogP) is 6.40. The zero-order valence-corrected chi connectivity index (χ0v) is 17.8. The average molecular weight is 382 g/mol. The van der Waals surface area contributed by atoms with Crippen LogP contribution in [0.1, 0.15) is 90.9 Å². The van der Waals surface area contributed by atoms with E-state index < -0.39 is 10.0 Å². The number of sulfonamides is 1. The van der Waals surface area contributed by atoms with Crippen LogP contribution in [0.25, 0.3) is 0 Å². The molecule has 0 aliphatic rings. The predicted molar refractivity (Wildman–Crippen MR) is 112 cm³/mol. The van der Waals surface area contributed by atoms with E-state index in [9.17, 15) is 8.42 Å². The van der Waals surface area contributed by atoms with Gasteiger partial charge < -0.3 is 0 Å². The van der Waals surface area contributed by atoms with Gasteiger partial charge in [-0.25, -0.2) is 8.42 Å². The van der Waals surface area contributed by atoms with Gasteiger partial charge in [0.1, 0.15) is 0 Å². The van der Waals surface area contributed by atoms with Crippen LogP contribution >= 0.6 is 0 Å². The van der Waals surface area contributed by atoms with E-state index in [-0.39, 0.29) is 0 Å². The standard InChI is InChI=1S/C22H39NO2S/c1-3-5-7-9-11-16-20-23(21-17-12-10-8-6-4-2)26(24,25)22-18-14-13-15-19-22/h13-15,18-19H,3-12,16-17,20-21H2,1-2H3. The van der Waals surface area contributed by atoms with Crippen LogP contribution in [0.2, 0.25) is 0 Å². The van der Waals surface area contributed by atoms with Gasteiger partial charge in [-0.3, -0.25) is 0 Å². The maximum Gasteiger partial charge on any atom is 0.243 e. The first-order valence-corrected chi connectivity index (χ1v) is 12.1. The van der Waals surface area contributed by atoms with Gasteiger partial charge in [0.25, 0.3) is 0 Å². The Morgan fingerprint density at radius 1 is 0.654 bits per heavy atom. The van der Waals surface area contributed by atoms with Gasteiger partial charge in [-0.05, 0) is 25.0 Å². The molecule has 0 aliphatic heterocycles. The maximum atomic E-state index is 13.0. The summed E-state index contributed by atoms with van der Waals surface area (Å²) in [6.07, 6.45) is 14.2. The van der Waals surface area contributed by atoms with Crippen molar-refractivity contribution in [3.8, 4) is 0 Å². The molecule has 4 heteroatoms. The smallest absolute Gasteiger partial charge is 0.207 e. The molecule has 1 aromatic carbocycles. The minimum absolute atomic E-state index is 0.428. The molecule has 0 unspecified atom stereocenters. The monoisotopic (exact) mass is 381 g/mol. The van der Waals surface area contributed by atoms with Gasteiger partial charge in [-0.15, -0.1) is 0 Å². The van der Waals surface area contributed by atoms with Crippen molar-refractivity contribution in [2.75, 3.05) is 13.1 Å². The first-order valence-electron chi connectivity index (χ1n) is 10.7. The molecule has 26 heavy (non-hydrogen) atoms. The van der Waals surface area contributed by atoms with E-state index in [1.807, 2.05) is 6.07 Å². The molecule has 0 aromatic heterocycles. The Morgan fingerprint density at radius 2 is 1.08 bits per heavy atom. The van der Waals surface area contributed by atoms with Crippen molar-refractivity contribution in [1.29, 1.82) is 0 Å². The van der Waals surface area contributed by atoms with Crippen LogP contribution in [0.4, 0.5) is 0 Å². The molecular weight excluding hydrogens is 342 g/mol. The van der Waals surface area contributed by atoms with Gasteiger partial charge in [0.2, 0.25) is 10.0 Å². The molecule has 0 fully saturated rings. The van der Waals surface area contributed by atoms with Crippen LogP contribution in [0.5, 0.6) is 0 Å². The number of hydrogen-bond acceptors (Lipinski definition) is 2. The minimum Gasteiger partial charge on any atom is -0.207 e. The Labute approximate surface area is 162 Å². The van der Waals surface area contributed by atoms with Gasteiger partial charge in [-0.2, -0.15) is 4.31 Å². The first-order chi connectivity index (χ1) is 12.6. The summed E-state index contributed by atoms with van der Waals surface area (Å²) in [7, 11) is -3.36. The van der Waals surface area contributed by atoms with Gasteiger partial charge in [0, 0.05) is 13.1 Å². The fraction of sp³-hybridized carbons (Fsp3) is 0.727. The van der Waals surface area contributed by atoms with E-state index in [0.717, 1.165) is 25.7 Å². The molecule has 0 heterocycles. The fourth-order valence-corrected chi connectivity index (χ4v) is 4.77. The highest BCUT2D eigenvalue weighted by Crippen LogP contribution is 2.18. The molecule has 0 radical (unpaired) electrons. The largest absolute Gasteiger partial charge is 0.243 e. The Morgan fingerprint density at radius 3 is 1.54 bits per heavy atom. The fourth-order valence-electron chi connectivity index (χ4n) is 3.23. The van der Waals surface area contributed by atoms with Crippen LogP contribution in [-0.4, -0.2) is 25.8 Å². The van der Waals surface area contributed by atoms with Crippen molar-refractivity contribution < 1.29 is 8.42 Å². The first kappa shape index (κ1) is 23.2. The summed E-state index contributed by atoms with van der Waals surface area (Å²) in [4.78, 5) is 0.428.